The number of aliphatic hydroxyl groups excluding tert-OH is 1. The molecular formula is C9H9NO3S2. The van der Waals surface area contributed by atoms with Gasteiger partial charge < -0.3 is 5.11 Å². The third-order valence-corrected chi connectivity index (χ3v) is 3.35. The normalized spacial score (nSPS) is 9.93. The van der Waals surface area contributed by atoms with Crippen LogP contribution in [0.4, 0.5) is 5.69 Å². The Bertz CT molecular complexity index is 406. The summed E-state index contributed by atoms with van der Waals surface area (Å²) in [5.41, 5.74) is 0.0343. The molecule has 0 saturated carbocycles. The lowest BCUT2D eigenvalue weighted by atomic mass is 10.1. The molecule has 0 aliphatic heterocycles. The number of hydrogen-bond donors (Lipinski definition) is 1. The van der Waals surface area contributed by atoms with Gasteiger partial charge in [0.25, 0.3) is 5.69 Å². The Morgan fingerprint density at radius 3 is 2.73 bits per heavy atom. The van der Waals surface area contributed by atoms with Gasteiger partial charge in [0.1, 0.15) is 5.76 Å². The molecule has 1 aromatic rings. The molecule has 0 bridgehead atoms. The first-order chi connectivity index (χ1) is 7.06. The van der Waals surface area contributed by atoms with Crippen molar-refractivity contribution in [2.45, 2.75) is 4.90 Å². The molecule has 80 valence electrons. The summed E-state index contributed by atoms with van der Waals surface area (Å²) in [7, 11) is 2.99. The molecule has 0 amide bonds. The predicted octanol–water partition coefficient (Wildman–Crippen LogP) is 3.49. The molecule has 0 aliphatic carbocycles. The lowest BCUT2D eigenvalue weighted by molar-refractivity contribution is -0.385. The fourth-order valence-corrected chi connectivity index (χ4v) is 2.42. The molecule has 0 atom stereocenters. The first kappa shape index (κ1) is 11.9. The maximum atomic E-state index is 10.6. The van der Waals surface area contributed by atoms with E-state index in [1.165, 1.54) is 27.7 Å². The van der Waals surface area contributed by atoms with Crippen LogP contribution in [0.25, 0.3) is 5.76 Å². The largest absolute Gasteiger partial charge is 0.508 e. The predicted molar refractivity (Wildman–Crippen MR) is 64.1 cm³/mol. The van der Waals surface area contributed by atoms with Crippen LogP contribution in [0.5, 0.6) is 0 Å². The molecule has 0 radical (unpaired) electrons. The molecule has 0 spiro atoms. The third kappa shape index (κ3) is 2.90. The Morgan fingerprint density at radius 2 is 2.27 bits per heavy atom. The standard InChI is InChI=1S/C9H9NO3S2/c1-6(11)8-5-7(15-14-2)3-4-9(8)10(12)13/h3-5,11H,1H2,2H3. The van der Waals surface area contributed by atoms with Gasteiger partial charge in [0.2, 0.25) is 0 Å². The summed E-state index contributed by atoms with van der Waals surface area (Å²) in [6.45, 7) is 3.30. The van der Waals surface area contributed by atoms with E-state index in [0.717, 1.165) is 4.90 Å². The summed E-state index contributed by atoms with van der Waals surface area (Å²) in [4.78, 5) is 10.9. The second-order valence-electron chi connectivity index (χ2n) is 2.63. The maximum Gasteiger partial charge on any atom is 0.280 e. The minimum absolute atomic E-state index is 0.132. The van der Waals surface area contributed by atoms with Gasteiger partial charge in [0.15, 0.2) is 0 Å². The van der Waals surface area contributed by atoms with Gasteiger partial charge in [-0.1, -0.05) is 28.2 Å². The van der Waals surface area contributed by atoms with Gasteiger partial charge in [-0.05, 0) is 18.4 Å². The topological polar surface area (TPSA) is 63.4 Å². The van der Waals surface area contributed by atoms with Crippen molar-refractivity contribution in [1.29, 1.82) is 0 Å². The van der Waals surface area contributed by atoms with Crippen LogP contribution in [0, 0.1) is 10.1 Å². The summed E-state index contributed by atoms with van der Waals surface area (Å²) >= 11 is 0. The Balaban J connectivity index is 3.21. The maximum absolute atomic E-state index is 10.6. The van der Waals surface area contributed by atoms with Crippen molar-refractivity contribution in [3.05, 3.63) is 40.5 Å². The molecule has 0 saturated heterocycles. The minimum atomic E-state index is -0.537. The van der Waals surface area contributed by atoms with E-state index < -0.39 is 4.92 Å². The number of nitro benzene ring substituents is 1. The van der Waals surface area contributed by atoms with Gasteiger partial charge in [0.05, 0.1) is 10.5 Å². The first-order valence-electron chi connectivity index (χ1n) is 3.93. The molecule has 1 rings (SSSR count). The van der Waals surface area contributed by atoms with Crippen molar-refractivity contribution in [2.24, 2.45) is 0 Å². The molecule has 6 heteroatoms. The van der Waals surface area contributed by atoms with Gasteiger partial charge in [-0.25, -0.2) is 0 Å². The first-order valence-corrected chi connectivity index (χ1v) is 6.49. The summed E-state index contributed by atoms with van der Waals surface area (Å²) in [5, 5.41) is 19.9. The van der Waals surface area contributed by atoms with Crippen LogP contribution in [-0.2, 0) is 0 Å². The van der Waals surface area contributed by atoms with E-state index in [1.54, 1.807) is 12.1 Å². The molecule has 0 unspecified atom stereocenters. The monoisotopic (exact) mass is 243 g/mol. The van der Waals surface area contributed by atoms with Gasteiger partial charge in [-0.15, -0.1) is 0 Å². The summed E-state index contributed by atoms with van der Waals surface area (Å²) < 4.78 is 0. The Kier molecular flexibility index (Phi) is 4.05. The fraction of sp³-hybridized carbons (Fsp3) is 0.111. The van der Waals surface area contributed by atoms with Crippen LogP contribution in [0.15, 0.2) is 29.7 Å². The van der Waals surface area contributed by atoms with Gasteiger partial charge in [-0.3, -0.25) is 10.1 Å². The van der Waals surface area contributed by atoms with Crippen molar-refractivity contribution in [3.63, 3.8) is 0 Å². The molecule has 15 heavy (non-hydrogen) atoms. The Hall–Kier alpha value is -1.14. The molecule has 0 aliphatic rings. The van der Waals surface area contributed by atoms with E-state index in [1.807, 2.05) is 6.26 Å². The lowest BCUT2D eigenvalue weighted by Gasteiger charge is -2.03. The molecule has 4 nitrogen and oxygen atoms in total. The summed E-state index contributed by atoms with van der Waals surface area (Å²) in [6, 6.07) is 4.57. The molecule has 1 aromatic carbocycles. The zero-order valence-electron chi connectivity index (χ0n) is 7.97. The van der Waals surface area contributed by atoms with E-state index in [4.69, 9.17) is 0 Å². The fourth-order valence-electron chi connectivity index (χ4n) is 1.05. The molecule has 0 heterocycles. The van der Waals surface area contributed by atoms with Crippen LogP contribution in [0.1, 0.15) is 5.56 Å². The number of benzene rings is 1. The van der Waals surface area contributed by atoms with Crippen molar-refractivity contribution < 1.29 is 10.0 Å². The van der Waals surface area contributed by atoms with Crippen LogP contribution in [0.3, 0.4) is 0 Å². The number of nitrogens with zero attached hydrogens (tertiary/aromatic N) is 1. The highest BCUT2D eigenvalue weighted by Crippen LogP contribution is 2.33. The highest BCUT2D eigenvalue weighted by Gasteiger charge is 2.16. The Morgan fingerprint density at radius 1 is 1.60 bits per heavy atom. The summed E-state index contributed by atoms with van der Waals surface area (Å²) in [6.07, 6.45) is 1.90. The van der Waals surface area contributed by atoms with Crippen LogP contribution >= 0.6 is 21.6 Å². The number of aliphatic hydroxyl groups is 1. The van der Waals surface area contributed by atoms with Crippen molar-refractivity contribution in [1.82, 2.24) is 0 Å². The highest BCUT2D eigenvalue weighted by molar-refractivity contribution is 8.76. The molecule has 0 fully saturated rings. The second-order valence-corrected chi connectivity index (χ2v) is 5.10. The lowest BCUT2D eigenvalue weighted by Crippen LogP contribution is -1.94. The van der Waals surface area contributed by atoms with Crippen molar-refractivity contribution in [3.8, 4) is 0 Å². The van der Waals surface area contributed by atoms with E-state index in [2.05, 4.69) is 6.58 Å². The van der Waals surface area contributed by atoms with Crippen molar-refractivity contribution in [2.75, 3.05) is 6.26 Å². The average Bonchev–Trinajstić information content (AvgIpc) is 2.17. The number of rotatable bonds is 4. The number of nitro groups is 1. The van der Waals surface area contributed by atoms with E-state index in [9.17, 15) is 15.2 Å². The van der Waals surface area contributed by atoms with Crippen molar-refractivity contribution >= 4 is 33.0 Å². The number of hydrogen-bond acceptors (Lipinski definition) is 5. The highest BCUT2D eigenvalue weighted by atomic mass is 33.1. The smallest absolute Gasteiger partial charge is 0.280 e. The molecular weight excluding hydrogens is 234 g/mol. The van der Waals surface area contributed by atoms with Crippen LogP contribution < -0.4 is 0 Å². The SMILES string of the molecule is C=C(O)c1cc(SSC)ccc1[N+](=O)[O-]. The molecule has 0 aromatic heterocycles. The van der Waals surface area contributed by atoms with E-state index in [-0.39, 0.29) is 17.0 Å². The zero-order chi connectivity index (χ0) is 11.4. The third-order valence-electron chi connectivity index (χ3n) is 1.66. The van der Waals surface area contributed by atoms with Crippen LogP contribution in [0.2, 0.25) is 0 Å². The zero-order valence-corrected chi connectivity index (χ0v) is 9.60. The van der Waals surface area contributed by atoms with Gasteiger partial charge in [-0.2, -0.15) is 0 Å². The van der Waals surface area contributed by atoms with Gasteiger partial charge in [0, 0.05) is 11.0 Å². The quantitative estimate of drug-likeness (QED) is 0.379. The summed E-state index contributed by atoms with van der Waals surface area (Å²) in [5.74, 6) is -0.287. The average molecular weight is 243 g/mol. The second kappa shape index (κ2) is 5.09. The van der Waals surface area contributed by atoms with Crippen LogP contribution in [-0.4, -0.2) is 16.3 Å². The Labute approximate surface area is 94.9 Å². The van der Waals surface area contributed by atoms with Gasteiger partial charge >= 0.3 is 0 Å². The molecule has 1 N–H and O–H groups in total. The minimum Gasteiger partial charge on any atom is -0.508 e. The van der Waals surface area contributed by atoms with E-state index >= 15 is 0 Å². The van der Waals surface area contributed by atoms with E-state index in [0.29, 0.717) is 0 Å².